The highest BCUT2D eigenvalue weighted by Crippen LogP contribution is 2.14. The molecule has 0 unspecified atom stereocenters. The Bertz CT molecular complexity index is 480. The molecule has 1 aromatic heterocycles. The molecule has 0 fully saturated rings. The number of nitrogens with zero attached hydrogens (tertiary/aromatic N) is 1. The Morgan fingerprint density at radius 1 is 1.25 bits per heavy atom. The first kappa shape index (κ1) is 10.5. The van der Waals surface area contributed by atoms with Gasteiger partial charge in [0.15, 0.2) is 0 Å². The number of hydrogen-bond donors (Lipinski definition) is 2. The Hall–Kier alpha value is -2.03. The summed E-state index contributed by atoms with van der Waals surface area (Å²) < 4.78 is 0. The summed E-state index contributed by atoms with van der Waals surface area (Å²) in [6.45, 7) is 2.82. The largest absolute Gasteiger partial charge is 0.396 e. The standard InChI is InChI=1S/C13H15N3/c1-10-4-2-5-11(8-10)9-16-13-12(14)6-3-7-15-13/h2-8H,9,14H2,1H3,(H,15,16). The fourth-order valence-corrected chi connectivity index (χ4v) is 1.57. The molecule has 3 heteroatoms. The van der Waals surface area contributed by atoms with E-state index >= 15 is 0 Å². The van der Waals surface area contributed by atoms with E-state index < -0.39 is 0 Å². The number of rotatable bonds is 3. The number of benzene rings is 1. The fourth-order valence-electron chi connectivity index (χ4n) is 1.57. The van der Waals surface area contributed by atoms with E-state index in [9.17, 15) is 0 Å². The van der Waals surface area contributed by atoms with Crippen molar-refractivity contribution in [3.05, 3.63) is 53.7 Å². The molecule has 0 radical (unpaired) electrons. The van der Waals surface area contributed by atoms with Gasteiger partial charge < -0.3 is 11.1 Å². The Labute approximate surface area is 95.3 Å². The van der Waals surface area contributed by atoms with Gasteiger partial charge in [-0.05, 0) is 24.6 Å². The molecule has 2 aromatic rings. The Morgan fingerprint density at radius 3 is 2.88 bits per heavy atom. The number of pyridine rings is 1. The van der Waals surface area contributed by atoms with Crippen LogP contribution < -0.4 is 11.1 Å². The lowest BCUT2D eigenvalue weighted by Gasteiger charge is -2.08. The second-order valence-electron chi connectivity index (χ2n) is 3.78. The average molecular weight is 213 g/mol. The summed E-state index contributed by atoms with van der Waals surface area (Å²) in [4.78, 5) is 4.18. The summed E-state index contributed by atoms with van der Waals surface area (Å²) in [7, 11) is 0. The molecule has 3 nitrogen and oxygen atoms in total. The van der Waals surface area contributed by atoms with Gasteiger partial charge >= 0.3 is 0 Å². The molecule has 0 atom stereocenters. The predicted octanol–water partition coefficient (Wildman–Crippen LogP) is 2.58. The van der Waals surface area contributed by atoms with E-state index in [1.807, 2.05) is 18.2 Å². The molecule has 3 N–H and O–H groups in total. The second-order valence-corrected chi connectivity index (χ2v) is 3.78. The van der Waals surface area contributed by atoms with Crippen LogP contribution in [0.15, 0.2) is 42.6 Å². The van der Waals surface area contributed by atoms with Crippen molar-refractivity contribution >= 4 is 11.5 Å². The maximum Gasteiger partial charge on any atom is 0.149 e. The maximum absolute atomic E-state index is 5.79. The highest BCUT2D eigenvalue weighted by Gasteiger charge is 1.98. The molecule has 2 rings (SSSR count). The van der Waals surface area contributed by atoms with Gasteiger partial charge in [0.25, 0.3) is 0 Å². The Morgan fingerprint density at radius 2 is 2.12 bits per heavy atom. The van der Waals surface area contributed by atoms with Crippen molar-refractivity contribution in [2.75, 3.05) is 11.1 Å². The lowest BCUT2D eigenvalue weighted by molar-refractivity contribution is 1.11. The normalized spacial score (nSPS) is 10.1. The van der Waals surface area contributed by atoms with E-state index in [1.54, 1.807) is 6.20 Å². The smallest absolute Gasteiger partial charge is 0.149 e. The summed E-state index contributed by atoms with van der Waals surface area (Å²) in [6, 6.07) is 12.0. The van der Waals surface area contributed by atoms with Crippen LogP contribution >= 0.6 is 0 Å². The second kappa shape index (κ2) is 4.66. The van der Waals surface area contributed by atoms with Crippen LogP contribution in [0.25, 0.3) is 0 Å². The van der Waals surface area contributed by atoms with Crippen molar-refractivity contribution < 1.29 is 0 Å². The van der Waals surface area contributed by atoms with Gasteiger partial charge in [0.1, 0.15) is 5.82 Å². The number of aryl methyl sites for hydroxylation is 1. The van der Waals surface area contributed by atoms with Gasteiger partial charge in [-0.15, -0.1) is 0 Å². The average Bonchev–Trinajstić information content (AvgIpc) is 2.28. The van der Waals surface area contributed by atoms with Gasteiger partial charge in [-0.3, -0.25) is 0 Å². The van der Waals surface area contributed by atoms with Crippen molar-refractivity contribution in [2.45, 2.75) is 13.5 Å². The van der Waals surface area contributed by atoms with Gasteiger partial charge in [-0.1, -0.05) is 29.8 Å². The third-order valence-corrected chi connectivity index (χ3v) is 2.38. The number of anilines is 2. The zero-order valence-corrected chi connectivity index (χ0v) is 9.27. The van der Waals surface area contributed by atoms with E-state index in [0.717, 1.165) is 12.4 Å². The van der Waals surface area contributed by atoms with Crippen molar-refractivity contribution in [3.63, 3.8) is 0 Å². The Kier molecular flexibility index (Phi) is 3.05. The minimum Gasteiger partial charge on any atom is -0.396 e. The lowest BCUT2D eigenvalue weighted by atomic mass is 10.1. The van der Waals surface area contributed by atoms with Gasteiger partial charge in [0, 0.05) is 12.7 Å². The van der Waals surface area contributed by atoms with Crippen molar-refractivity contribution in [1.29, 1.82) is 0 Å². The first-order valence-electron chi connectivity index (χ1n) is 5.25. The molecule has 0 aliphatic carbocycles. The molecule has 1 heterocycles. The van der Waals surface area contributed by atoms with E-state index in [2.05, 4.69) is 35.4 Å². The number of nitrogen functional groups attached to an aromatic ring is 1. The fraction of sp³-hybridized carbons (Fsp3) is 0.154. The molecule has 0 aliphatic heterocycles. The molecule has 82 valence electrons. The third kappa shape index (κ3) is 2.51. The van der Waals surface area contributed by atoms with Crippen LogP contribution in [0.3, 0.4) is 0 Å². The summed E-state index contributed by atoms with van der Waals surface area (Å²) in [5.74, 6) is 0.740. The predicted molar refractivity (Wildman–Crippen MR) is 67.2 cm³/mol. The van der Waals surface area contributed by atoms with Gasteiger partial charge in [0.05, 0.1) is 5.69 Å². The van der Waals surface area contributed by atoms with E-state index in [4.69, 9.17) is 5.73 Å². The highest BCUT2D eigenvalue weighted by atomic mass is 15.0. The minimum absolute atomic E-state index is 0.676. The van der Waals surface area contributed by atoms with E-state index in [0.29, 0.717) is 5.69 Å². The molecule has 0 bridgehead atoms. The zero-order valence-electron chi connectivity index (χ0n) is 9.27. The quantitative estimate of drug-likeness (QED) is 0.824. The number of aromatic nitrogens is 1. The lowest BCUT2D eigenvalue weighted by Crippen LogP contribution is -2.04. The zero-order chi connectivity index (χ0) is 11.4. The molecular weight excluding hydrogens is 198 g/mol. The number of nitrogens with one attached hydrogen (secondary N) is 1. The topological polar surface area (TPSA) is 50.9 Å². The van der Waals surface area contributed by atoms with Crippen LogP contribution in [0.4, 0.5) is 11.5 Å². The van der Waals surface area contributed by atoms with Crippen molar-refractivity contribution in [2.24, 2.45) is 0 Å². The molecule has 0 spiro atoms. The van der Waals surface area contributed by atoms with Crippen LogP contribution in [-0.2, 0) is 6.54 Å². The van der Waals surface area contributed by atoms with Crippen molar-refractivity contribution in [3.8, 4) is 0 Å². The van der Waals surface area contributed by atoms with Crippen LogP contribution in [0.2, 0.25) is 0 Å². The maximum atomic E-state index is 5.79. The third-order valence-electron chi connectivity index (χ3n) is 2.38. The van der Waals surface area contributed by atoms with Crippen LogP contribution in [0.5, 0.6) is 0 Å². The molecular formula is C13H15N3. The van der Waals surface area contributed by atoms with E-state index in [-0.39, 0.29) is 0 Å². The SMILES string of the molecule is Cc1cccc(CNc2ncccc2N)c1. The molecule has 16 heavy (non-hydrogen) atoms. The van der Waals surface area contributed by atoms with Crippen LogP contribution in [0.1, 0.15) is 11.1 Å². The first-order valence-corrected chi connectivity index (χ1v) is 5.25. The summed E-state index contributed by atoms with van der Waals surface area (Å²) in [5, 5.41) is 3.22. The number of hydrogen-bond acceptors (Lipinski definition) is 3. The summed E-state index contributed by atoms with van der Waals surface area (Å²) >= 11 is 0. The summed E-state index contributed by atoms with van der Waals surface area (Å²) in [6.07, 6.45) is 1.73. The molecule has 0 saturated heterocycles. The van der Waals surface area contributed by atoms with Crippen LogP contribution in [-0.4, -0.2) is 4.98 Å². The molecule has 0 saturated carbocycles. The van der Waals surface area contributed by atoms with Crippen LogP contribution in [0, 0.1) is 6.92 Å². The van der Waals surface area contributed by atoms with E-state index in [1.165, 1.54) is 11.1 Å². The molecule has 0 amide bonds. The Balaban J connectivity index is 2.05. The van der Waals surface area contributed by atoms with Gasteiger partial charge in [-0.2, -0.15) is 0 Å². The molecule has 1 aromatic carbocycles. The highest BCUT2D eigenvalue weighted by molar-refractivity contribution is 5.60. The van der Waals surface area contributed by atoms with Gasteiger partial charge in [-0.25, -0.2) is 4.98 Å². The number of nitrogens with two attached hydrogens (primary N) is 1. The first-order chi connectivity index (χ1) is 7.75. The van der Waals surface area contributed by atoms with Gasteiger partial charge in [0.2, 0.25) is 0 Å². The monoisotopic (exact) mass is 213 g/mol. The minimum atomic E-state index is 0.676. The molecule has 0 aliphatic rings. The van der Waals surface area contributed by atoms with Crippen molar-refractivity contribution in [1.82, 2.24) is 4.98 Å². The summed E-state index contributed by atoms with van der Waals surface area (Å²) in [5.41, 5.74) is 8.95.